The zero-order valence-corrected chi connectivity index (χ0v) is 19.5. The number of rotatable bonds is 8. The van der Waals surface area contributed by atoms with Crippen molar-refractivity contribution < 1.29 is 23.5 Å². The Morgan fingerprint density at radius 2 is 1.57 bits per heavy atom. The van der Waals surface area contributed by atoms with Crippen LogP contribution in [0.5, 0.6) is 5.75 Å². The standard InChI is InChI=1S/C27H26FN3O4/c1-3-18-4-10-21(11-5-18)29-25(32)16-24-26(33)31(22-12-8-20(28)9-13-22)27(34)30(24)17-19-6-14-23(35-2)15-7-19/h4-15,24H,3,16-17H2,1-2H3,(H,29,32)/t24-/m1/s1. The molecule has 0 saturated carbocycles. The van der Waals surface area contributed by atoms with Crippen LogP contribution in [0.4, 0.5) is 20.6 Å². The zero-order chi connectivity index (χ0) is 24.9. The number of hydrogen-bond donors (Lipinski definition) is 1. The van der Waals surface area contributed by atoms with Crippen LogP contribution in [0.25, 0.3) is 0 Å². The van der Waals surface area contributed by atoms with E-state index < -0.39 is 23.8 Å². The van der Waals surface area contributed by atoms with Crippen LogP contribution in [0.15, 0.2) is 72.8 Å². The number of imide groups is 1. The van der Waals surface area contributed by atoms with Gasteiger partial charge in [-0.1, -0.05) is 31.2 Å². The molecule has 1 atom stereocenters. The van der Waals surface area contributed by atoms with Crippen molar-refractivity contribution in [3.05, 3.63) is 89.7 Å². The molecule has 8 heteroatoms. The van der Waals surface area contributed by atoms with Gasteiger partial charge in [-0.25, -0.2) is 14.1 Å². The van der Waals surface area contributed by atoms with E-state index in [4.69, 9.17) is 4.74 Å². The van der Waals surface area contributed by atoms with Crippen LogP contribution in [0.2, 0.25) is 0 Å². The number of benzene rings is 3. The van der Waals surface area contributed by atoms with Crippen molar-refractivity contribution in [2.45, 2.75) is 32.4 Å². The highest BCUT2D eigenvalue weighted by molar-refractivity contribution is 6.22. The molecule has 7 nitrogen and oxygen atoms in total. The minimum atomic E-state index is -1.01. The molecule has 1 saturated heterocycles. The molecule has 1 heterocycles. The molecule has 0 aromatic heterocycles. The third kappa shape index (κ3) is 5.32. The zero-order valence-electron chi connectivity index (χ0n) is 19.5. The van der Waals surface area contributed by atoms with E-state index in [1.165, 1.54) is 29.2 Å². The third-order valence-corrected chi connectivity index (χ3v) is 5.94. The van der Waals surface area contributed by atoms with Gasteiger partial charge in [0.2, 0.25) is 5.91 Å². The minimum absolute atomic E-state index is 0.120. The van der Waals surface area contributed by atoms with Crippen molar-refractivity contribution in [3.8, 4) is 5.75 Å². The largest absolute Gasteiger partial charge is 0.497 e. The van der Waals surface area contributed by atoms with Gasteiger partial charge in [0.15, 0.2) is 0 Å². The minimum Gasteiger partial charge on any atom is -0.497 e. The van der Waals surface area contributed by atoms with Crippen LogP contribution >= 0.6 is 0 Å². The highest BCUT2D eigenvalue weighted by Gasteiger charge is 2.46. The van der Waals surface area contributed by atoms with Gasteiger partial charge in [0.1, 0.15) is 17.6 Å². The van der Waals surface area contributed by atoms with Crippen LogP contribution in [-0.4, -0.2) is 35.9 Å². The van der Waals surface area contributed by atoms with Crippen LogP contribution in [-0.2, 0) is 22.6 Å². The first-order valence-corrected chi connectivity index (χ1v) is 11.3. The van der Waals surface area contributed by atoms with Crippen molar-refractivity contribution in [1.82, 2.24) is 4.90 Å². The van der Waals surface area contributed by atoms with Crippen molar-refractivity contribution >= 4 is 29.2 Å². The number of methoxy groups -OCH3 is 1. The second-order valence-corrected chi connectivity index (χ2v) is 8.23. The number of carbonyl (C=O) groups excluding carboxylic acids is 3. The highest BCUT2D eigenvalue weighted by atomic mass is 19.1. The fraction of sp³-hybridized carbons (Fsp3) is 0.222. The Labute approximate surface area is 203 Å². The Morgan fingerprint density at radius 1 is 0.943 bits per heavy atom. The lowest BCUT2D eigenvalue weighted by molar-refractivity contribution is -0.124. The first kappa shape index (κ1) is 23.9. The number of hydrogen-bond acceptors (Lipinski definition) is 4. The molecule has 0 spiro atoms. The van der Waals surface area contributed by atoms with Gasteiger partial charge in [-0.3, -0.25) is 9.59 Å². The average molecular weight is 476 g/mol. The number of halogens is 1. The summed E-state index contributed by atoms with van der Waals surface area (Å²) in [6, 6.07) is 18.1. The summed E-state index contributed by atoms with van der Waals surface area (Å²) in [5, 5.41) is 2.80. The fourth-order valence-electron chi connectivity index (χ4n) is 3.98. The van der Waals surface area contributed by atoms with E-state index >= 15 is 0 Å². The summed E-state index contributed by atoms with van der Waals surface area (Å²) in [5.41, 5.74) is 2.77. The van der Waals surface area contributed by atoms with Gasteiger partial charge in [0.05, 0.1) is 19.2 Å². The van der Waals surface area contributed by atoms with E-state index in [1.54, 1.807) is 43.5 Å². The summed E-state index contributed by atoms with van der Waals surface area (Å²) < 4.78 is 18.6. The summed E-state index contributed by atoms with van der Waals surface area (Å²) in [5.74, 6) is -0.740. The molecule has 0 bridgehead atoms. The maximum absolute atomic E-state index is 13.4. The molecule has 1 aliphatic heterocycles. The van der Waals surface area contributed by atoms with E-state index in [-0.39, 0.29) is 24.6 Å². The van der Waals surface area contributed by atoms with E-state index in [0.29, 0.717) is 11.4 Å². The molecule has 180 valence electrons. The average Bonchev–Trinajstić information content (AvgIpc) is 3.09. The molecule has 3 aromatic carbocycles. The van der Waals surface area contributed by atoms with Gasteiger partial charge in [0, 0.05) is 12.2 Å². The molecule has 35 heavy (non-hydrogen) atoms. The van der Waals surface area contributed by atoms with Crippen molar-refractivity contribution in [3.63, 3.8) is 0 Å². The number of nitrogens with one attached hydrogen (secondary N) is 1. The lowest BCUT2D eigenvalue weighted by atomic mass is 10.1. The van der Waals surface area contributed by atoms with Gasteiger partial charge in [-0.15, -0.1) is 0 Å². The first-order chi connectivity index (χ1) is 16.9. The monoisotopic (exact) mass is 475 g/mol. The van der Waals surface area contributed by atoms with E-state index in [9.17, 15) is 18.8 Å². The highest BCUT2D eigenvalue weighted by Crippen LogP contribution is 2.29. The molecule has 1 fully saturated rings. The summed E-state index contributed by atoms with van der Waals surface area (Å²) in [4.78, 5) is 41.9. The molecule has 1 N–H and O–H groups in total. The van der Waals surface area contributed by atoms with E-state index in [2.05, 4.69) is 5.32 Å². The van der Waals surface area contributed by atoms with Crippen LogP contribution in [0.1, 0.15) is 24.5 Å². The number of nitrogens with zero attached hydrogens (tertiary/aromatic N) is 2. The molecule has 0 aliphatic carbocycles. The molecule has 1 aliphatic rings. The summed E-state index contributed by atoms with van der Waals surface area (Å²) in [7, 11) is 1.56. The summed E-state index contributed by atoms with van der Waals surface area (Å²) in [6.07, 6.45) is 0.667. The number of amides is 4. The number of anilines is 2. The quantitative estimate of drug-likeness (QED) is 0.477. The predicted octanol–water partition coefficient (Wildman–Crippen LogP) is 4.76. The van der Waals surface area contributed by atoms with Crippen LogP contribution in [0, 0.1) is 5.82 Å². The summed E-state index contributed by atoms with van der Waals surface area (Å²) in [6.45, 7) is 2.16. The fourth-order valence-corrected chi connectivity index (χ4v) is 3.98. The number of carbonyl (C=O) groups is 3. The predicted molar refractivity (Wildman–Crippen MR) is 131 cm³/mol. The van der Waals surface area contributed by atoms with Gasteiger partial charge >= 0.3 is 6.03 Å². The van der Waals surface area contributed by atoms with Crippen molar-refractivity contribution in [1.29, 1.82) is 0 Å². The van der Waals surface area contributed by atoms with Gasteiger partial charge in [-0.2, -0.15) is 0 Å². The molecule has 0 unspecified atom stereocenters. The maximum Gasteiger partial charge on any atom is 0.332 e. The smallest absolute Gasteiger partial charge is 0.332 e. The van der Waals surface area contributed by atoms with Gasteiger partial charge < -0.3 is 15.0 Å². The molecular formula is C27H26FN3O4. The Morgan fingerprint density at radius 3 is 2.17 bits per heavy atom. The topological polar surface area (TPSA) is 79.0 Å². The lowest BCUT2D eigenvalue weighted by Crippen LogP contribution is -2.37. The Hall–Kier alpha value is -4.20. The van der Waals surface area contributed by atoms with Crippen molar-refractivity contribution in [2.75, 3.05) is 17.3 Å². The van der Waals surface area contributed by atoms with E-state index in [1.807, 2.05) is 19.1 Å². The second kappa shape index (κ2) is 10.4. The lowest BCUT2D eigenvalue weighted by Gasteiger charge is -2.22. The normalized spacial score (nSPS) is 15.5. The Kier molecular flexibility index (Phi) is 7.10. The molecule has 4 amide bonds. The van der Waals surface area contributed by atoms with Crippen LogP contribution < -0.4 is 15.0 Å². The van der Waals surface area contributed by atoms with Gasteiger partial charge in [0.25, 0.3) is 5.91 Å². The van der Waals surface area contributed by atoms with E-state index in [0.717, 1.165) is 22.4 Å². The SMILES string of the molecule is CCc1ccc(NC(=O)C[C@@H]2C(=O)N(c3ccc(F)cc3)C(=O)N2Cc2ccc(OC)cc2)cc1. The first-order valence-electron chi connectivity index (χ1n) is 11.3. The molecule has 3 aromatic rings. The molecular weight excluding hydrogens is 449 g/mol. The second-order valence-electron chi connectivity index (χ2n) is 8.23. The van der Waals surface area contributed by atoms with Crippen molar-refractivity contribution in [2.24, 2.45) is 0 Å². The van der Waals surface area contributed by atoms with Crippen LogP contribution in [0.3, 0.4) is 0 Å². The number of aryl methyl sites for hydroxylation is 1. The maximum atomic E-state index is 13.4. The summed E-state index contributed by atoms with van der Waals surface area (Å²) >= 11 is 0. The molecule has 4 rings (SSSR count). The Bertz CT molecular complexity index is 1210. The third-order valence-electron chi connectivity index (χ3n) is 5.94. The molecule has 0 radical (unpaired) electrons. The van der Waals surface area contributed by atoms with Gasteiger partial charge in [-0.05, 0) is 66.1 Å². The Balaban J connectivity index is 1.58. The number of ether oxygens (including phenoxy) is 1. The number of urea groups is 1.